The molecule has 7 heteroatoms. The lowest BCUT2D eigenvalue weighted by Gasteiger charge is -2.18. The Morgan fingerprint density at radius 3 is 2.43 bits per heavy atom. The molecule has 5 nitrogen and oxygen atoms in total. The van der Waals surface area contributed by atoms with Gasteiger partial charge < -0.3 is 4.90 Å². The van der Waals surface area contributed by atoms with Gasteiger partial charge in [-0.25, -0.2) is 8.42 Å². The molecule has 0 aliphatic heterocycles. The van der Waals surface area contributed by atoms with E-state index in [4.69, 9.17) is 0 Å². The van der Waals surface area contributed by atoms with Gasteiger partial charge in [-0.2, -0.15) is 0 Å². The zero-order valence-corrected chi connectivity index (χ0v) is 17.6. The molecule has 1 aromatic heterocycles. The van der Waals surface area contributed by atoms with E-state index < -0.39 is 10.0 Å². The van der Waals surface area contributed by atoms with Gasteiger partial charge in [-0.05, 0) is 55.1 Å². The highest BCUT2D eigenvalue weighted by atomic mass is 32.2. The molecule has 3 rings (SSSR count). The predicted molar refractivity (Wildman–Crippen MR) is 113 cm³/mol. The van der Waals surface area contributed by atoms with Crippen molar-refractivity contribution in [2.75, 3.05) is 11.8 Å². The van der Waals surface area contributed by atoms with E-state index in [0.29, 0.717) is 17.8 Å². The maximum atomic E-state index is 12.9. The highest BCUT2D eigenvalue weighted by Gasteiger charge is 2.20. The zero-order valence-electron chi connectivity index (χ0n) is 16.0. The number of carbonyl (C=O) groups excluding carboxylic acids is 1. The number of hydrogen-bond donors (Lipinski definition) is 1. The Labute approximate surface area is 169 Å². The largest absolute Gasteiger partial charge is 0.337 e. The number of rotatable bonds is 6. The molecule has 0 aliphatic carbocycles. The van der Waals surface area contributed by atoms with Crippen LogP contribution in [0.15, 0.2) is 64.9 Å². The molecule has 0 aliphatic rings. The lowest BCUT2D eigenvalue weighted by molar-refractivity contribution is 0.0785. The van der Waals surface area contributed by atoms with Gasteiger partial charge in [-0.3, -0.25) is 9.52 Å². The number of amides is 1. The van der Waals surface area contributed by atoms with Gasteiger partial charge in [-0.15, -0.1) is 11.3 Å². The summed E-state index contributed by atoms with van der Waals surface area (Å²) in [5, 5.41) is 1.96. The summed E-state index contributed by atoms with van der Waals surface area (Å²) in [4.78, 5) is 15.6. The number of benzene rings is 2. The molecule has 0 bridgehead atoms. The molecule has 0 unspecified atom stereocenters. The number of hydrogen-bond acceptors (Lipinski definition) is 4. The van der Waals surface area contributed by atoms with Gasteiger partial charge in [0.25, 0.3) is 15.9 Å². The maximum Gasteiger partial charge on any atom is 0.261 e. The van der Waals surface area contributed by atoms with E-state index in [9.17, 15) is 13.2 Å². The van der Waals surface area contributed by atoms with E-state index in [-0.39, 0.29) is 10.8 Å². The molecule has 0 atom stereocenters. The van der Waals surface area contributed by atoms with Crippen LogP contribution < -0.4 is 4.72 Å². The Morgan fingerprint density at radius 2 is 1.79 bits per heavy atom. The minimum absolute atomic E-state index is 0.0616. The molecule has 0 spiro atoms. The summed E-state index contributed by atoms with van der Waals surface area (Å²) in [5.74, 6) is -0.210. The van der Waals surface area contributed by atoms with Gasteiger partial charge in [0.05, 0.1) is 11.4 Å². The van der Waals surface area contributed by atoms with Gasteiger partial charge in [0.2, 0.25) is 0 Å². The van der Waals surface area contributed by atoms with Crippen LogP contribution in [0.2, 0.25) is 0 Å². The molecule has 2 aromatic carbocycles. The minimum atomic E-state index is -3.79. The standard InChI is InChI=1S/C21H22N2O3S2/c1-15-6-9-17(10-7-15)22-28(25,26)19-11-8-16(2)20(13-19)21(24)23(3)14-18-5-4-12-27-18/h4-13,22H,14H2,1-3H3. The fourth-order valence-corrected chi connectivity index (χ4v) is 4.59. The maximum absolute atomic E-state index is 12.9. The second-order valence-corrected chi connectivity index (χ2v) is 9.40. The molecule has 1 amide bonds. The van der Waals surface area contributed by atoms with E-state index in [1.54, 1.807) is 48.4 Å². The molecule has 0 saturated carbocycles. The number of nitrogens with zero attached hydrogens (tertiary/aromatic N) is 1. The average molecular weight is 415 g/mol. The summed E-state index contributed by atoms with van der Waals surface area (Å²) in [6.07, 6.45) is 0. The van der Waals surface area contributed by atoms with Crippen molar-refractivity contribution in [1.82, 2.24) is 4.90 Å². The first kappa shape index (κ1) is 20.1. The van der Waals surface area contributed by atoms with Gasteiger partial charge in [0.1, 0.15) is 0 Å². The number of nitrogens with one attached hydrogen (secondary N) is 1. The van der Waals surface area contributed by atoms with Crippen LogP contribution in [0.1, 0.15) is 26.4 Å². The van der Waals surface area contributed by atoms with Crippen molar-refractivity contribution in [1.29, 1.82) is 0 Å². The number of carbonyl (C=O) groups is 1. The van der Waals surface area contributed by atoms with E-state index >= 15 is 0 Å². The summed E-state index contributed by atoms with van der Waals surface area (Å²) in [6.45, 7) is 4.22. The van der Waals surface area contributed by atoms with Crippen molar-refractivity contribution in [2.24, 2.45) is 0 Å². The fourth-order valence-electron chi connectivity index (χ4n) is 2.75. The summed E-state index contributed by atoms with van der Waals surface area (Å²) >= 11 is 1.58. The Bertz CT molecular complexity index is 1070. The van der Waals surface area contributed by atoms with Crippen molar-refractivity contribution in [3.63, 3.8) is 0 Å². The molecular weight excluding hydrogens is 392 g/mol. The lowest BCUT2D eigenvalue weighted by Crippen LogP contribution is -2.27. The first-order valence-corrected chi connectivity index (χ1v) is 11.1. The Hall–Kier alpha value is -2.64. The van der Waals surface area contributed by atoms with Crippen LogP contribution in [-0.2, 0) is 16.6 Å². The van der Waals surface area contributed by atoms with E-state index in [2.05, 4.69) is 4.72 Å². The number of sulfonamides is 1. The average Bonchev–Trinajstić information content (AvgIpc) is 3.16. The third-order valence-corrected chi connectivity index (χ3v) is 6.61. The number of anilines is 1. The van der Waals surface area contributed by atoms with Crippen LogP contribution in [0.3, 0.4) is 0 Å². The Balaban J connectivity index is 1.85. The molecule has 0 saturated heterocycles. The van der Waals surface area contributed by atoms with Gasteiger partial charge >= 0.3 is 0 Å². The van der Waals surface area contributed by atoms with Crippen LogP contribution in [0.4, 0.5) is 5.69 Å². The molecule has 3 aromatic rings. The predicted octanol–water partition coefficient (Wildman–Crippen LogP) is 4.44. The monoisotopic (exact) mass is 414 g/mol. The first-order valence-electron chi connectivity index (χ1n) is 8.74. The smallest absolute Gasteiger partial charge is 0.261 e. The quantitative estimate of drug-likeness (QED) is 0.648. The first-order chi connectivity index (χ1) is 13.3. The van der Waals surface area contributed by atoms with Crippen molar-refractivity contribution >= 4 is 33.0 Å². The van der Waals surface area contributed by atoms with Crippen molar-refractivity contribution in [2.45, 2.75) is 25.3 Å². The van der Waals surface area contributed by atoms with Crippen LogP contribution in [0.25, 0.3) is 0 Å². The Kier molecular flexibility index (Phi) is 5.86. The van der Waals surface area contributed by atoms with Crippen molar-refractivity contribution in [3.05, 3.63) is 81.5 Å². The van der Waals surface area contributed by atoms with Crippen molar-refractivity contribution in [3.8, 4) is 0 Å². The second kappa shape index (κ2) is 8.16. The highest BCUT2D eigenvalue weighted by molar-refractivity contribution is 7.92. The molecule has 1 heterocycles. The molecule has 0 radical (unpaired) electrons. The molecular formula is C21H22N2O3S2. The highest BCUT2D eigenvalue weighted by Crippen LogP contribution is 2.21. The Morgan fingerprint density at radius 1 is 1.07 bits per heavy atom. The topological polar surface area (TPSA) is 66.5 Å². The minimum Gasteiger partial charge on any atom is -0.337 e. The van der Waals surface area contributed by atoms with Gasteiger partial charge in [0, 0.05) is 23.2 Å². The van der Waals surface area contributed by atoms with E-state index in [1.165, 1.54) is 12.1 Å². The molecule has 0 fully saturated rings. The molecule has 28 heavy (non-hydrogen) atoms. The molecule has 1 N–H and O–H groups in total. The molecule has 146 valence electrons. The summed E-state index contributed by atoms with van der Waals surface area (Å²) in [5.41, 5.74) is 2.64. The van der Waals surface area contributed by atoms with Crippen LogP contribution in [0.5, 0.6) is 0 Å². The SMILES string of the molecule is Cc1ccc(NS(=O)(=O)c2ccc(C)c(C(=O)N(C)Cc3cccs3)c2)cc1. The summed E-state index contributed by atoms with van der Waals surface area (Å²) in [6, 6.07) is 15.6. The second-order valence-electron chi connectivity index (χ2n) is 6.69. The fraction of sp³-hybridized carbons (Fsp3) is 0.190. The van der Waals surface area contributed by atoms with Crippen LogP contribution in [0, 0.1) is 13.8 Å². The van der Waals surface area contributed by atoms with E-state index in [1.807, 2.05) is 36.6 Å². The third kappa shape index (κ3) is 4.61. The van der Waals surface area contributed by atoms with Gasteiger partial charge in [0.15, 0.2) is 0 Å². The van der Waals surface area contributed by atoms with Gasteiger partial charge in [-0.1, -0.05) is 29.8 Å². The lowest BCUT2D eigenvalue weighted by atomic mass is 10.1. The third-order valence-electron chi connectivity index (χ3n) is 4.37. The normalized spacial score (nSPS) is 11.2. The van der Waals surface area contributed by atoms with Crippen LogP contribution >= 0.6 is 11.3 Å². The number of thiophene rings is 1. The summed E-state index contributed by atoms with van der Waals surface area (Å²) in [7, 11) is -2.08. The van der Waals surface area contributed by atoms with E-state index in [0.717, 1.165) is 16.0 Å². The van der Waals surface area contributed by atoms with Crippen molar-refractivity contribution < 1.29 is 13.2 Å². The zero-order chi connectivity index (χ0) is 20.3. The summed E-state index contributed by atoms with van der Waals surface area (Å²) < 4.78 is 28.1. The number of aryl methyl sites for hydroxylation is 2. The van der Waals surface area contributed by atoms with Crippen LogP contribution in [-0.4, -0.2) is 26.3 Å².